The van der Waals surface area contributed by atoms with Crippen molar-refractivity contribution < 1.29 is 8.42 Å². The summed E-state index contributed by atoms with van der Waals surface area (Å²) in [6.07, 6.45) is 6.11. The first kappa shape index (κ1) is 14.3. The van der Waals surface area contributed by atoms with E-state index < -0.39 is 10.0 Å². The van der Waals surface area contributed by atoms with Crippen LogP contribution < -0.4 is 10.0 Å². The Kier molecular flexibility index (Phi) is 4.10. The van der Waals surface area contributed by atoms with Crippen molar-refractivity contribution in [3.05, 3.63) is 18.5 Å². The molecule has 0 aliphatic heterocycles. The highest BCUT2D eigenvalue weighted by molar-refractivity contribution is 7.89. The first-order chi connectivity index (χ1) is 8.97. The summed E-state index contributed by atoms with van der Waals surface area (Å²) >= 11 is 0. The molecule has 0 unspecified atom stereocenters. The van der Waals surface area contributed by atoms with E-state index in [4.69, 9.17) is 0 Å². The van der Waals surface area contributed by atoms with Crippen LogP contribution in [0.25, 0.3) is 0 Å². The molecular formula is C13H21N3O2S. The third kappa shape index (κ3) is 3.67. The van der Waals surface area contributed by atoms with E-state index in [1.807, 2.05) is 6.92 Å². The van der Waals surface area contributed by atoms with Gasteiger partial charge in [-0.05, 0) is 30.7 Å². The lowest BCUT2D eigenvalue weighted by molar-refractivity contribution is 0.530. The van der Waals surface area contributed by atoms with E-state index in [-0.39, 0.29) is 10.3 Å². The van der Waals surface area contributed by atoms with Crippen LogP contribution >= 0.6 is 0 Å². The van der Waals surface area contributed by atoms with E-state index in [9.17, 15) is 8.42 Å². The van der Waals surface area contributed by atoms with Crippen LogP contribution in [-0.2, 0) is 10.0 Å². The molecule has 1 heterocycles. The highest BCUT2D eigenvalue weighted by atomic mass is 32.2. The molecule has 1 aromatic heterocycles. The molecule has 5 nitrogen and oxygen atoms in total. The summed E-state index contributed by atoms with van der Waals surface area (Å²) in [5.41, 5.74) is 0.761. The number of hydrogen-bond acceptors (Lipinski definition) is 4. The maximum atomic E-state index is 12.3. The van der Waals surface area contributed by atoms with E-state index in [0.29, 0.717) is 12.2 Å². The summed E-state index contributed by atoms with van der Waals surface area (Å²) in [4.78, 5) is 4.15. The van der Waals surface area contributed by atoms with E-state index in [1.54, 1.807) is 12.3 Å². The average molecular weight is 283 g/mol. The second kappa shape index (κ2) is 5.46. The number of rotatable bonds is 7. The normalized spacial score (nSPS) is 17.2. The first-order valence-corrected chi connectivity index (χ1v) is 8.13. The minimum atomic E-state index is -3.49. The van der Waals surface area contributed by atoms with Gasteiger partial charge in [0, 0.05) is 25.5 Å². The van der Waals surface area contributed by atoms with Crippen LogP contribution in [0.5, 0.6) is 0 Å². The van der Waals surface area contributed by atoms with Crippen LogP contribution in [-0.4, -0.2) is 26.5 Å². The summed E-state index contributed by atoms with van der Waals surface area (Å²) in [5.74, 6) is 0. The molecule has 0 aromatic carbocycles. The van der Waals surface area contributed by atoms with Crippen LogP contribution in [0.15, 0.2) is 23.4 Å². The molecule has 1 aliphatic carbocycles. The lowest BCUT2D eigenvalue weighted by atomic mass is 10.2. The fourth-order valence-electron chi connectivity index (χ4n) is 1.74. The lowest BCUT2D eigenvalue weighted by Crippen LogP contribution is -2.29. The van der Waals surface area contributed by atoms with Gasteiger partial charge in [0.2, 0.25) is 10.0 Å². The van der Waals surface area contributed by atoms with Crippen molar-refractivity contribution in [2.45, 2.75) is 38.0 Å². The maximum absolute atomic E-state index is 12.3. The lowest BCUT2D eigenvalue weighted by Gasteiger charge is -2.14. The molecule has 19 heavy (non-hydrogen) atoms. The van der Waals surface area contributed by atoms with Crippen LogP contribution in [0.4, 0.5) is 5.69 Å². The minimum Gasteiger partial charge on any atom is -0.384 e. The van der Waals surface area contributed by atoms with Gasteiger partial charge in [0.25, 0.3) is 0 Å². The fraction of sp³-hybridized carbons (Fsp3) is 0.615. The van der Waals surface area contributed by atoms with Gasteiger partial charge < -0.3 is 5.32 Å². The Hall–Kier alpha value is -1.14. The second-order valence-corrected chi connectivity index (χ2v) is 7.17. The summed E-state index contributed by atoms with van der Waals surface area (Å²) in [5, 5.41) is 3.12. The molecule has 0 bridgehead atoms. The quantitative estimate of drug-likeness (QED) is 0.802. The molecule has 0 atom stereocenters. The fourth-order valence-corrected chi connectivity index (χ4v) is 3.06. The van der Waals surface area contributed by atoms with Crippen molar-refractivity contribution in [1.29, 1.82) is 0 Å². The van der Waals surface area contributed by atoms with Crippen molar-refractivity contribution in [3.8, 4) is 0 Å². The molecular weight excluding hydrogens is 262 g/mol. The predicted molar refractivity (Wildman–Crippen MR) is 75.5 cm³/mol. The third-order valence-electron chi connectivity index (χ3n) is 3.43. The van der Waals surface area contributed by atoms with Crippen molar-refractivity contribution in [1.82, 2.24) is 9.71 Å². The van der Waals surface area contributed by atoms with Gasteiger partial charge in [-0.1, -0.05) is 13.8 Å². The van der Waals surface area contributed by atoms with Crippen LogP contribution in [0.1, 0.15) is 33.1 Å². The molecule has 0 radical (unpaired) electrons. The van der Waals surface area contributed by atoms with E-state index in [1.165, 1.54) is 6.20 Å². The predicted octanol–water partition coefficient (Wildman–Crippen LogP) is 1.98. The Morgan fingerprint density at radius 2 is 2.16 bits per heavy atom. The molecule has 2 N–H and O–H groups in total. The molecule has 1 fully saturated rings. The molecule has 106 valence electrons. The largest absolute Gasteiger partial charge is 0.384 e. The Balaban J connectivity index is 2.14. The van der Waals surface area contributed by atoms with Crippen LogP contribution in [0, 0.1) is 5.41 Å². The zero-order chi connectivity index (χ0) is 13.9. The highest BCUT2D eigenvalue weighted by Crippen LogP contribution is 2.44. The standard InChI is InChI=1S/C13H21N3O2S/c1-3-7-15-11-4-8-14-9-12(11)19(17,18)16-10-13(2)5-6-13/h4,8-9,16H,3,5-7,10H2,1-2H3,(H,14,15). The van der Waals surface area contributed by atoms with Gasteiger partial charge in [-0.25, -0.2) is 13.1 Å². The first-order valence-electron chi connectivity index (χ1n) is 6.64. The number of pyridine rings is 1. The molecule has 1 aliphatic rings. The number of nitrogens with one attached hydrogen (secondary N) is 2. The highest BCUT2D eigenvalue weighted by Gasteiger charge is 2.38. The topological polar surface area (TPSA) is 71.1 Å². The molecule has 1 aromatic rings. The van der Waals surface area contributed by atoms with Gasteiger partial charge in [0.15, 0.2) is 0 Å². The molecule has 0 amide bonds. The Bertz CT molecular complexity index is 539. The zero-order valence-corrected chi connectivity index (χ0v) is 12.3. The molecule has 0 saturated heterocycles. The molecule has 1 saturated carbocycles. The van der Waals surface area contributed by atoms with Gasteiger partial charge >= 0.3 is 0 Å². The van der Waals surface area contributed by atoms with Crippen molar-refractivity contribution >= 4 is 15.7 Å². The number of sulfonamides is 1. The monoisotopic (exact) mass is 283 g/mol. The summed E-state index contributed by atoms with van der Waals surface area (Å²) in [6.45, 7) is 5.37. The summed E-state index contributed by atoms with van der Waals surface area (Å²) < 4.78 is 27.3. The van der Waals surface area contributed by atoms with E-state index in [0.717, 1.165) is 25.8 Å². The Labute approximate surface area is 114 Å². The number of nitrogens with zero attached hydrogens (tertiary/aromatic N) is 1. The van der Waals surface area contributed by atoms with Gasteiger partial charge in [0.05, 0.1) is 5.69 Å². The van der Waals surface area contributed by atoms with Gasteiger partial charge in [-0.2, -0.15) is 0 Å². The number of aromatic nitrogens is 1. The summed E-state index contributed by atoms with van der Waals surface area (Å²) in [7, 11) is -3.49. The van der Waals surface area contributed by atoms with E-state index in [2.05, 4.69) is 21.9 Å². The smallest absolute Gasteiger partial charge is 0.244 e. The minimum absolute atomic E-state index is 0.145. The van der Waals surface area contributed by atoms with Crippen molar-refractivity contribution in [3.63, 3.8) is 0 Å². The van der Waals surface area contributed by atoms with Crippen LogP contribution in [0.3, 0.4) is 0 Å². The maximum Gasteiger partial charge on any atom is 0.244 e. The second-order valence-electron chi connectivity index (χ2n) is 5.43. The Morgan fingerprint density at radius 3 is 2.79 bits per heavy atom. The average Bonchev–Trinajstić information content (AvgIpc) is 3.13. The molecule has 0 spiro atoms. The number of anilines is 1. The molecule has 6 heteroatoms. The number of hydrogen-bond donors (Lipinski definition) is 2. The van der Waals surface area contributed by atoms with Crippen LogP contribution in [0.2, 0.25) is 0 Å². The third-order valence-corrected chi connectivity index (χ3v) is 4.86. The van der Waals surface area contributed by atoms with Crippen molar-refractivity contribution in [2.75, 3.05) is 18.4 Å². The Morgan fingerprint density at radius 1 is 1.42 bits per heavy atom. The van der Waals surface area contributed by atoms with Gasteiger partial charge in [0.1, 0.15) is 4.90 Å². The SMILES string of the molecule is CCCNc1ccncc1S(=O)(=O)NCC1(C)CC1. The van der Waals surface area contributed by atoms with E-state index >= 15 is 0 Å². The van der Waals surface area contributed by atoms with Gasteiger partial charge in [-0.15, -0.1) is 0 Å². The molecule has 2 rings (SSSR count). The van der Waals surface area contributed by atoms with Gasteiger partial charge in [-0.3, -0.25) is 4.98 Å². The van der Waals surface area contributed by atoms with Crippen molar-refractivity contribution in [2.24, 2.45) is 5.41 Å². The zero-order valence-electron chi connectivity index (χ0n) is 11.4. The summed E-state index contributed by atoms with van der Waals surface area (Å²) in [6, 6.07) is 1.70.